The largest absolute Gasteiger partial charge is 0.361 e. The number of likely N-dealkylation sites (tertiary alicyclic amines) is 1. The molecule has 2 fully saturated rings. The number of nitrogens with zero attached hydrogens (tertiary/aromatic N) is 3. The Kier molecular flexibility index (Phi) is 5.24. The van der Waals surface area contributed by atoms with Gasteiger partial charge in [0.15, 0.2) is 5.69 Å². The SMILES string of the molecule is Cc1cc(C(=O)N2CCC[C@H](c3nc(CCNC(=O)C4CC4)cs3)C2)no1. The summed E-state index contributed by atoms with van der Waals surface area (Å²) in [6.07, 6.45) is 4.80. The minimum Gasteiger partial charge on any atom is -0.361 e. The highest BCUT2D eigenvalue weighted by molar-refractivity contribution is 7.09. The first-order valence-electron chi connectivity index (χ1n) is 9.55. The molecule has 7 nitrogen and oxygen atoms in total. The number of nitrogens with one attached hydrogen (secondary N) is 1. The molecule has 1 atom stereocenters. The summed E-state index contributed by atoms with van der Waals surface area (Å²) < 4.78 is 5.03. The summed E-state index contributed by atoms with van der Waals surface area (Å²) in [6.45, 7) is 3.83. The van der Waals surface area contributed by atoms with Crippen molar-refractivity contribution in [1.29, 1.82) is 0 Å². The molecule has 1 saturated carbocycles. The number of thiazole rings is 1. The van der Waals surface area contributed by atoms with Crippen molar-refractivity contribution in [2.24, 2.45) is 5.92 Å². The fraction of sp³-hybridized carbons (Fsp3) is 0.579. The van der Waals surface area contributed by atoms with Crippen molar-refractivity contribution in [2.75, 3.05) is 19.6 Å². The Balaban J connectivity index is 1.32. The summed E-state index contributed by atoms with van der Waals surface area (Å²) in [5.74, 6) is 1.25. The molecule has 4 rings (SSSR count). The lowest BCUT2D eigenvalue weighted by Gasteiger charge is -2.31. The highest BCUT2D eigenvalue weighted by atomic mass is 32.1. The molecule has 0 aromatic carbocycles. The topological polar surface area (TPSA) is 88.3 Å². The predicted molar refractivity (Wildman–Crippen MR) is 101 cm³/mol. The average molecular weight is 388 g/mol. The molecule has 3 heterocycles. The van der Waals surface area contributed by atoms with Crippen LogP contribution in [-0.4, -0.2) is 46.5 Å². The molecule has 1 aliphatic heterocycles. The first kappa shape index (κ1) is 18.2. The standard InChI is InChI=1S/C19H24N4O3S/c1-12-9-16(22-26-12)19(25)23-8-2-3-14(10-23)18-21-15(11-27-18)6-7-20-17(24)13-4-5-13/h9,11,13-14H,2-8,10H2,1H3,(H,20,24)/t14-/m0/s1. The first-order chi connectivity index (χ1) is 13.1. The Bertz CT molecular complexity index is 827. The van der Waals surface area contributed by atoms with Gasteiger partial charge in [-0.25, -0.2) is 4.98 Å². The van der Waals surface area contributed by atoms with Crippen LogP contribution in [0.5, 0.6) is 0 Å². The van der Waals surface area contributed by atoms with Crippen LogP contribution in [0.15, 0.2) is 16.0 Å². The molecule has 2 aromatic rings. The van der Waals surface area contributed by atoms with Crippen LogP contribution < -0.4 is 5.32 Å². The van der Waals surface area contributed by atoms with Crippen molar-refractivity contribution < 1.29 is 14.1 Å². The number of carbonyl (C=O) groups excluding carboxylic acids is 2. The number of aromatic nitrogens is 2. The number of piperidine rings is 1. The number of aryl methyl sites for hydroxylation is 1. The molecular formula is C19H24N4O3S. The molecule has 27 heavy (non-hydrogen) atoms. The second-order valence-electron chi connectivity index (χ2n) is 7.41. The van der Waals surface area contributed by atoms with Crippen LogP contribution in [0.1, 0.15) is 58.6 Å². The van der Waals surface area contributed by atoms with E-state index in [1.807, 2.05) is 4.90 Å². The minimum atomic E-state index is -0.0730. The third kappa shape index (κ3) is 4.37. The monoisotopic (exact) mass is 388 g/mol. The Labute approximate surface area is 162 Å². The fourth-order valence-corrected chi connectivity index (χ4v) is 4.40. The summed E-state index contributed by atoms with van der Waals surface area (Å²) in [5, 5.41) is 9.97. The van der Waals surface area contributed by atoms with E-state index in [2.05, 4.69) is 15.9 Å². The second kappa shape index (κ2) is 7.80. The van der Waals surface area contributed by atoms with Crippen LogP contribution in [-0.2, 0) is 11.2 Å². The number of hydrogen-bond acceptors (Lipinski definition) is 6. The zero-order valence-corrected chi connectivity index (χ0v) is 16.3. The number of amides is 2. The van der Waals surface area contributed by atoms with Gasteiger partial charge in [0, 0.05) is 49.3 Å². The molecule has 2 amide bonds. The molecule has 144 valence electrons. The van der Waals surface area contributed by atoms with E-state index < -0.39 is 0 Å². The van der Waals surface area contributed by atoms with Crippen LogP contribution in [0.2, 0.25) is 0 Å². The minimum absolute atomic E-state index is 0.0730. The van der Waals surface area contributed by atoms with E-state index in [0.717, 1.165) is 49.4 Å². The summed E-state index contributed by atoms with van der Waals surface area (Å²) in [7, 11) is 0. The van der Waals surface area contributed by atoms with Gasteiger partial charge < -0.3 is 14.7 Å². The maximum Gasteiger partial charge on any atom is 0.276 e. The van der Waals surface area contributed by atoms with Crippen LogP contribution in [0, 0.1) is 12.8 Å². The maximum absolute atomic E-state index is 12.6. The molecule has 1 N–H and O–H groups in total. The molecule has 1 saturated heterocycles. The molecule has 0 radical (unpaired) electrons. The molecule has 2 aliphatic rings. The van der Waals surface area contributed by atoms with E-state index in [1.165, 1.54) is 0 Å². The zero-order chi connectivity index (χ0) is 18.8. The van der Waals surface area contributed by atoms with Crippen molar-refractivity contribution >= 4 is 23.2 Å². The van der Waals surface area contributed by atoms with Gasteiger partial charge >= 0.3 is 0 Å². The zero-order valence-electron chi connectivity index (χ0n) is 15.4. The third-order valence-corrected chi connectivity index (χ3v) is 6.16. The van der Waals surface area contributed by atoms with Gasteiger partial charge in [0.05, 0.1) is 10.7 Å². The van der Waals surface area contributed by atoms with Gasteiger partial charge in [-0.2, -0.15) is 0 Å². The molecule has 8 heteroatoms. The number of carbonyl (C=O) groups is 2. The summed E-state index contributed by atoms with van der Waals surface area (Å²) >= 11 is 1.65. The van der Waals surface area contributed by atoms with Gasteiger partial charge in [-0.1, -0.05) is 5.16 Å². The van der Waals surface area contributed by atoms with E-state index in [9.17, 15) is 9.59 Å². The van der Waals surface area contributed by atoms with E-state index >= 15 is 0 Å². The lowest BCUT2D eigenvalue weighted by atomic mass is 9.98. The van der Waals surface area contributed by atoms with E-state index in [4.69, 9.17) is 9.51 Å². The van der Waals surface area contributed by atoms with Crippen molar-refractivity contribution in [3.8, 4) is 0 Å². The number of rotatable bonds is 6. The van der Waals surface area contributed by atoms with Gasteiger partial charge in [-0.05, 0) is 32.6 Å². The van der Waals surface area contributed by atoms with Crippen molar-refractivity contribution in [2.45, 2.75) is 44.9 Å². The lowest BCUT2D eigenvalue weighted by Crippen LogP contribution is -2.39. The normalized spacial score (nSPS) is 19.9. The summed E-state index contributed by atoms with van der Waals surface area (Å²) in [6, 6.07) is 1.68. The quantitative estimate of drug-likeness (QED) is 0.821. The van der Waals surface area contributed by atoms with Gasteiger partial charge in [0.2, 0.25) is 5.91 Å². The Morgan fingerprint density at radius 1 is 1.37 bits per heavy atom. The molecular weight excluding hydrogens is 364 g/mol. The smallest absolute Gasteiger partial charge is 0.276 e. The molecule has 0 bridgehead atoms. The summed E-state index contributed by atoms with van der Waals surface area (Å²) in [4.78, 5) is 30.9. The average Bonchev–Trinajstić information content (AvgIpc) is 3.28. The Morgan fingerprint density at radius 2 is 2.22 bits per heavy atom. The molecule has 1 aliphatic carbocycles. The highest BCUT2D eigenvalue weighted by Crippen LogP contribution is 2.30. The van der Waals surface area contributed by atoms with Gasteiger partial charge in [-0.15, -0.1) is 11.3 Å². The van der Waals surface area contributed by atoms with E-state index in [-0.39, 0.29) is 23.7 Å². The van der Waals surface area contributed by atoms with Gasteiger partial charge in [-0.3, -0.25) is 9.59 Å². The van der Waals surface area contributed by atoms with E-state index in [0.29, 0.717) is 24.5 Å². The van der Waals surface area contributed by atoms with E-state index in [1.54, 1.807) is 24.3 Å². The Morgan fingerprint density at radius 3 is 2.96 bits per heavy atom. The lowest BCUT2D eigenvalue weighted by molar-refractivity contribution is -0.122. The maximum atomic E-state index is 12.6. The van der Waals surface area contributed by atoms with Gasteiger partial charge in [0.1, 0.15) is 5.76 Å². The molecule has 0 spiro atoms. The van der Waals surface area contributed by atoms with Crippen LogP contribution >= 0.6 is 11.3 Å². The molecule has 0 unspecified atom stereocenters. The van der Waals surface area contributed by atoms with Gasteiger partial charge in [0.25, 0.3) is 5.91 Å². The Hall–Kier alpha value is -2.22. The number of hydrogen-bond donors (Lipinski definition) is 1. The van der Waals surface area contributed by atoms with Crippen LogP contribution in [0.3, 0.4) is 0 Å². The van der Waals surface area contributed by atoms with Crippen molar-refractivity contribution in [1.82, 2.24) is 20.4 Å². The second-order valence-corrected chi connectivity index (χ2v) is 8.30. The van der Waals surface area contributed by atoms with Crippen LogP contribution in [0.4, 0.5) is 0 Å². The fourth-order valence-electron chi connectivity index (χ4n) is 3.42. The van der Waals surface area contributed by atoms with Crippen molar-refractivity contribution in [3.05, 3.63) is 33.6 Å². The highest BCUT2D eigenvalue weighted by Gasteiger charge is 2.30. The predicted octanol–water partition coefficient (Wildman–Crippen LogP) is 2.53. The third-order valence-electron chi connectivity index (χ3n) is 5.10. The van der Waals surface area contributed by atoms with Crippen LogP contribution in [0.25, 0.3) is 0 Å². The summed E-state index contributed by atoms with van der Waals surface area (Å²) in [5.41, 5.74) is 1.39. The first-order valence-corrected chi connectivity index (χ1v) is 10.4. The van der Waals surface area contributed by atoms with Crippen molar-refractivity contribution in [3.63, 3.8) is 0 Å². The molecule has 2 aromatic heterocycles.